The zero-order chi connectivity index (χ0) is 13.7. The first kappa shape index (κ1) is 14.2. The van der Waals surface area contributed by atoms with Gasteiger partial charge in [-0.1, -0.05) is 12.2 Å². The van der Waals surface area contributed by atoms with Crippen LogP contribution >= 0.6 is 0 Å². The van der Waals surface area contributed by atoms with E-state index < -0.39 is 5.82 Å². The highest BCUT2D eigenvalue weighted by Gasteiger charge is 2.19. The molecule has 1 aromatic carbocycles. The molecule has 3 nitrogen and oxygen atoms in total. The predicted octanol–water partition coefficient (Wildman–Crippen LogP) is 2.87. The summed E-state index contributed by atoms with van der Waals surface area (Å²) in [5.41, 5.74) is 1.11. The summed E-state index contributed by atoms with van der Waals surface area (Å²) >= 11 is 0. The van der Waals surface area contributed by atoms with Crippen LogP contribution in [0, 0.1) is 5.82 Å². The molecule has 0 radical (unpaired) electrons. The van der Waals surface area contributed by atoms with Crippen LogP contribution in [0.2, 0.25) is 0 Å². The van der Waals surface area contributed by atoms with Gasteiger partial charge in [0.2, 0.25) is 0 Å². The lowest BCUT2D eigenvalue weighted by Gasteiger charge is -2.22. The first-order valence-corrected chi connectivity index (χ1v) is 5.76. The van der Waals surface area contributed by atoms with Gasteiger partial charge in [-0.25, -0.2) is 4.39 Å². The van der Waals surface area contributed by atoms with Crippen molar-refractivity contribution in [2.24, 2.45) is 0 Å². The molecule has 4 heteroatoms. The maximum Gasteiger partial charge on any atom is 0.258 e. The van der Waals surface area contributed by atoms with E-state index in [1.54, 1.807) is 4.90 Å². The van der Waals surface area contributed by atoms with E-state index in [2.05, 4.69) is 6.58 Å². The van der Waals surface area contributed by atoms with E-state index in [0.29, 0.717) is 18.8 Å². The number of carbonyl (C=O) groups excluding carboxylic acids is 1. The Labute approximate surface area is 107 Å². The molecule has 0 unspecified atom stereocenters. The topological polar surface area (TPSA) is 29.5 Å². The molecule has 0 aromatic heterocycles. The highest BCUT2D eigenvalue weighted by molar-refractivity contribution is 5.97. The Bertz CT molecular complexity index is 457. The molecule has 98 valence electrons. The monoisotopic (exact) mass is 251 g/mol. The molecule has 1 amide bonds. The second-order valence-electron chi connectivity index (χ2n) is 4.12. The molecular weight excluding hydrogens is 233 g/mol. The van der Waals surface area contributed by atoms with Crippen molar-refractivity contribution in [3.63, 3.8) is 0 Å². The molecule has 1 rings (SSSR count). The fourth-order valence-electron chi connectivity index (χ4n) is 1.67. The molecule has 0 fully saturated rings. The number of ether oxygens (including phenoxy) is 1. The molecule has 0 atom stereocenters. The summed E-state index contributed by atoms with van der Waals surface area (Å²) in [6.45, 7) is 8.48. The number of methoxy groups -OCH3 is 1. The average molecular weight is 251 g/mol. The van der Waals surface area contributed by atoms with Crippen molar-refractivity contribution < 1.29 is 13.9 Å². The lowest BCUT2D eigenvalue weighted by Crippen LogP contribution is -2.32. The Morgan fingerprint density at radius 3 is 2.67 bits per heavy atom. The zero-order valence-electron chi connectivity index (χ0n) is 11.0. The summed E-state index contributed by atoms with van der Waals surface area (Å²) in [5, 5.41) is 0. The summed E-state index contributed by atoms with van der Waals surface area (Å²) in [6, 6.07) is 3.92. The van der Waals surface area contributed by atoms with Gasteiger partial charge in [0.05, 0.1) is 12.7 Å². The van der Waals surface area contributed by atoms with E-state index in [0.717, 1.165) is 5.57 Å². The SMILES string of the molecule is C=C(C)CN(CC)C(=O)c1cc(F)ccc1OC. The van der Waals surface area contributed by atoms with Crippen molar-refractivity contribution in [2.75, 3.05) is 20.2 Å². The van der Waals surface area contributed by atoms with Crippen LogP contribution in [0.15, 0.2) is 30.4 Å². The van der Waals surface area contributed by atoms with Gasteiger partial charge in [0, 0.05) is 13.1 Å². The van der Waals surface area contributed by atoms with Crippen molar-refractivity contribution in [1.82, 2.24) is 4.90 Å². The minimum Gasteiger partial charge on any atom is -0.496 e. The zero-order valence-corrected chi connectivity index (χ0v) is 11.0. The van der Waals surface area contributed by atoms with Gasteiger partial charge in [0.25, 0.3) is 5.91 Å². The Morgan fingerprint density at radius 2 is 2.17 bits per heavy atom. The second kappa shape index (κ2) is 6.19. The quantitative estimate of drug-likeness (QED) is 0.753. The lowest BCUT2D eigenvalue weighted by molar-refractivity contribution is 0.0774. The first-order valence-electron chi connectivity index (χ1n) is 5.76. The maximum absolute atomic E-state index is 13.2. The Kier molecular flexibility index (Phi) is 4.89. The summed E-state index contributed by atoms with van der Waals surface area (Å²) < 4.78 is 18.3. The molecule has 1 aromatic rings. The van der Waals surface area contributed by atoms with E-state index >= 15 is 0 Å². The molecular formula is C14H18FNO2. The minimum absolute atomic E-state index is 0.237. The van der Waals surface area contributed by atoms with Crippen molar-refractivity contribution in [3.05, 3.63) is 41.7 Å². The Hall–Kier alpha value is -1.84. The Morgan fingerprint density at radius 1 is 1.50 bits per heavy atom. The molecule has 0 bridgehead atoms. The number of likely N-dealkylation sites (N-methyl/N-ethyl adjacent to an activating group) is 1. The van der Waals surface area contributed by atoms with Crippen LogP contribution in [-0.2, 0) is 0 Å². The van der Waals surface area contributed by atoms with Crippen LogP contribution in [0.3, 0.4) is 0 Å². The van der Waals surface area contributed by atoms with Crippen LogP contribution in [0.4, 0.5) is 4.39 Å². The van der Waals surface area contributed by atoms with Crippen LogP contribution < -0.4 is 4.74 Å². The molecule has 18 heavy (non-hydrogen) atoms. The van der Waals surface area contributed by atoms with Crippen molar-refractivity contribution in [2.45, 2.75) is 13.8 Å². The molecule has 0 aliphatic rings. The van der Waals surface area contributed by atoms with E-state index in [9.17, 15) is 9.18 Å². The summed E-state index contributed by atoms with van der Waals surface area (Å²) in [4.78, 5) is 13.9. The fraction of sp³-hybridized carbons (Fsp3) is 0.357. The smallest absolute Gasteiger partial charge is 0.258 e. The van der Waals surface area contributed by atoms with Crippen LogP contribution in [-0.4, -0.2) is 31.0 Å². The van der Waals surface area contributed by atoms with Crippen LogP contribution in [0.5, 0.6) is 5.75 Å². The Balaban J connectivity index is 3.07. The molecule has 0 saturated carbocycles. The van der Waals surface area contributed by atoms with Gasteiger partial charge < -0.3 is 9.64 Å². The number of halogens is 1. The molecule has 0 saturated heterocycles. The van der Waals surface area contributed by atoms with Gasteiger partial charge in [-0.05, 0) is 32.0 Å². The fourth-order valence-corrected chi connectivity index (χ4v) is 1.67. The molecule has 0 aliphatic heterocycles. The maximum atomic E-state index is 13.2. The van der Waals surface area contributed by atoms with Crippen LogP contribution in [0.1, 0.15) is 24.2 Å². The predicted molar refractivity (Wildman–Crippen MR) is 69.3 cm³/mol. The average Bonchev–Trinajstić information content (AvgIpc) is 2.34. The highest BCUT2D eigenvalue weighted by atomic mass is 19.1. The highest BCUT2D eigenvalue weighted by Crippen LogP contribution is 2.21. The number of benzene rings is 1. The molecule has 0 aliphatic carbocycles. The summed E-state index contributed by atoms with van der Waals surface area (Å²) in [7, 11) is 1.46. The van der Waals surface area contributed by atoms with Gasteiger partial charge in [-0.15, -0.1) is 0 Å². The van der Waals surface area contributed by atoms with Gasteiger partial charge >= 0.3 is 0 Å². The van der Waals surface area contributed by atoms with Gasteiger partial charge in [-0.3, -0.25) is 4.79 Å². The summed E-state index contributed by atoms with van der Waals surface area (Å²) in [5.74, 6) is -0.330. The van der Waals surface area contributed by atoms with E-state index in [4.69, 9.17) is 4.74 Å². The number of hydrogen-bond donors (Lipinski definition) is 0. The third-order valence-electron chi connectivity index (χ3n) is 2.52. The minimum atomic E-state index is -0.453. The third-order valence-corrected chi connectivity index (χ3v) is 2.52. The van der Waals surface area contributed by atoms with E-state index in [1.165, 1.54) is 25.3 Å². The van der Waals surface area contributed by atoms with Gasteiger partial charge in [0.15, 0.2) is 0 Å². The largest absolute Gasteiger partial charge is 0.496 e. The molecule has 0 spiro atoms. The molecule has 0 heterocycles. The van der Waals surface area contributed by atoms with Crippen LogP contribution in [0.25, 0.3) is 0 Å². The number of nitrogens with zero attached hydrogens (tertiary/aromatic N) is 1. The number of amides is 1. The third kappa shape index (κ3) is 3.32. The number of carbonyl (C=O) groups is 1. The standard InChI is InChI=1S/C14H18FNO2/c1-5-16(9-10(2)3)14(17)12-8-11(15)6-7-13(12)18-4/h6-8H,2,5,9H2,1,3-4H3. The van der Waals surface area contributed by atoms with Crippen molar-refractivity contribution in [3.8, 4) is 5.75 Å². The van der Waals surface area contributed by atoms with E-state index in [1.807, 2.05) is 13.8 Å². The normalized spacial score (nSPS) is 10.0. The van der Waals surface area contributed by atoms with E-state index in [-0.39, 0.29) is 11.5 Å². The number of hydrogen-bond acceptors (Lipinski definition) is 2. The number of rotatable bonds is 5. The first-order chi connectivity index (χ1) is 8.49. The van der Waals surface area contributed by atoms with Crippen molar-refractivity contribution >= 4 is 5.91 Å². The summed E-state index contributed by atoms with van der Waals surface area (Å²) in [6.07, 6.45) is 0. The van der Waals surface area contributed by atoms with Gasteiger partial charge in [-0.2, -0.15) is 0 Å². The van der Waals surface area contributed by atoms with Gasteiger partial charge in [0.1, 0.15) is 11.6 Å². The lowest BCUT2D eigenvalue weighted by atomic mass is 10.1. The molecule has 0 N–H and O–H groups in total. The second-order valence-corrected chi connectivity index (χ2v) is 4.12. The van der Waals surface area contributed by atoms with Crippen molar-refractivity contribution in [1.29, 1.82) is 0 Å².